The van der Waals surface area contributed by atoms with Crippen molar-refractivity contribution in [1.29, 1.82) is 0 Å². The minimum absolute atomic E-state index is 0.396. The lowest BCUT2D eigenvalue weighted by atomic mass is 10.2. The fourth-order valence-electron chi connectivity index (χ4n) is 2.04. The van der Waals surface area contributed by atoms with Crippen LogP contribution in [0.4, 0.5) is 11.4 Å². The van der Waals surface area contributed by atoms with Crippen molar-refractivity contribution in [3.63, 3.8) is 0 Å². The van der Waals surface area contributed by atoms with Crippen molar-refractivity contribution in [2.75, 3.05) is 23.3 Å². The van der Waals surface area contributed by atoms with Gasteiger partial charge in [0.25, 0.3) is 11.5 Å². The van der Waals surface area contributed by atoms with Gasteiger partial charge in [0.1, 0.15) is 0 Å². The van der Waals surface area contributed by atoms with Crippen LogP contribution in [0.3, 0.4) is 0 Å². The highest BCUT2D eigenvalue weighted by Crippen LogP contribution is 2.17. The summed E-state index contributed by atoms with van der Waals surface area (Å²) in [6.45, 7) is 5.90. The first-order chi connectivity index (χ1) is 10.5. The Labute approximate surface area is 126 Å². The normalized spacial score (nSPS) is 10.3. The molecule has 22 heavy (non-hydrogen) atoms. The number of carbonyl (C=O) groups excluding carboxylic acids is 1. The summed E-state index contributed by atoms with van der Waals surface area (Å²) in [6.07, 6.45) is 0. The smallest absolute Gasteiger partial charge is 0.342 e. The molecule has 116 valence electrons. The van der Waals surface area contributed by atoms with Crippen LogP contribution in [-0.4, -0.2) is 34.2 Å². The predicted octanol–water partition coefficient (Wildman–Crippen LogP) is 0.557. The SMILES string of the molecule is CCN(CC)c1ccc(NC(=O)c2n[nH]c(=O)[nH]c2=O)cc1. The van der Waals surface area contributed by atoms with E-state index in [1.54, 1.807) is 12.1 Å². The molecule has 0 saturated heterocycles. The number of rotatable bonds is 5. The summed E-state index contributed by atoms with van der Waals surface area (Å²) in [7, 11) is 0. The average molecular weight is 303 g/mol. The zero-order chi connectivity index (χ0) is 16.1. The minimum Gasteiger partial charge on any atom is -0.372 e. The first-order valence-electron chi connectivity index (χ1n) is 6.90. The third-order valence-corrected chi connectivity index (χ3v) is 3.18. The van der Waals surface area contributed by atoms with Crippen LogP contribution in [0.5, 0.6) is 0 Å². The fourth-order valence-corrected chi connectivity index (χ4v) is 2.04. The van der Waals surface area contributed by atoms with E-state index in [0.717, 1.165) is 18.8 Å². The van der Waals surface area contributed by atoms with Gasteiger partial charge >= 0.3 is 5.69 Å². The third-order valence-electron chi connectivity index (χ3n) is 3.18. The van der Waals surface area contributed by atoms with Gasteiger partial charge in [0.2, 0.25) is 5.69 Å². The lowest BCUT2D eigenvalue weighted by Gasteiger charge is -2.21. The van der Waals surface area contributed by atoms with E-state index in [1.807, 2.05) is 22.2 Å². The molecular weight excluding hydrogens is 286 g/mol. The van der Waals surface area contributed by atoms with Crippen molar-refractivity contribution in [3.05, 3.63) is 50.8 Å². The van der Waals surface area contributed by atoms with Crippen molar-refractivity contribution in [1.82, 2.24) is 15.2 Å². The van der Waals surface area contributed by atoms with E-state index in [9.17, 15) is 14.4 Å². The molecule has 0 aliphatic heterocycles. The summed E-state index contributed by atoms with van der Waals surface area (Å²) in [5.74, 6) is -0.687. The first-order valence-corrected chi connectivity index (χ1v) is 6.90. The number of amides is 1. The summed E-state index contributed by atoms with van der Waals surface area (Å²) in [6, 6.07) is 7.25. The number of benzene rings is 1. The zero-order valence-electron chi connectivity index (χ0n) is 12.3. The van der Waals surface area contributed by atoms with E-state index in [4.69, 9.17) is 0 Å². The van der Waals surface area contributed by atoms with E-state index in [1.165, 1.54) is 0 Å². The van der Waals surface area contributed by atoms with Gasteiger partial charge in [0, 0.05) is 24.5 Å². The molecule has 0 fully saturated rings. The van der Waals surface area contributed by atoms with Crippen molar-refractivity contribution in [2.45, 2.75) is 13.8 Å². The number of H-pyrrole nitrogens is 2. The third kappa shape index (κ3) is 3.40. The van der Waals surface area contributed by atoms with Crippen LogP contribution in [0.1, 0.15) is 24.3 Å². The standard InChI is InChI=1S/C14H17N5O3/c1-3-19(4-2)10-7-5-9(6-8-10)15-12(20)11-13(21)16-14(22)18-17-11/h5-8H,3-4H2,1-2H3,(H,15,20)(H2,16,18,21,22). The maximum atomic E-state index is 12.0. The molecule has 0 atom stereocenters. The molecule has 1 aromatic heterocycles. The molecule has 0 spiro atoms. The fraction of sp³-hybridized carbons (Fsp3) is 0.286. The van der Waals surface area contributed by atoms with Gasteiger partial charge in [-0.1, -0.05) is 0 Å². The number of carbonyl (C=O) groups is 1. The van der Waals surface area contributed by atoms with Crippen LogP contribution >= 0.6 is 0 Å². The highest BCUT2D eigenvalue weighted by atomic mass is 16.2. The van der Waals surface area contributed by atoms with Crippen LogP contribution in [0, 0.1) is 0 Å². The highest BCUT2D eigenvalue weighted by Gasteiger charge is 2.13. The van der Waals surface area contributed by atoms with Crippen LogP contribution in [0.2, 0.25) is 0 Å². The van der Waals surface area contributed by atoms with Gasteiger partial charge in [-0.05, 0) is 38.1 Å². The van der Waals surface area contributed by atoms with Gasteiger partial charge in [-0.3, -0.25) is 14.6 Å². The molecule has 0 unspecified atom stereocenters. The number of anilines is 2. The van der Waals surface area contributed by atoms with Crippen LogP contribution in [-0.2, 0) is 0 Å². The Morgan fingerprint density at radius 1 is 1.18 bits per heavy atom. The second-order valence-corrected chi connectivity index (χ2v) is 4.53. The molecule has 2 rings (SSSR count). The van der Waals surface area contributed by atoms with Gasteiger partial charge in [-0.25, -0.2) is 9.89 Å². The highest BCUT2D eigenvalue weighted by molar-refractivity contribution is 6.02. The molecule has 0 radical (unpaired) electrons. The molecule has 0 bridgehead atoms. The van der Waals surface area contributed by atoms with Gasteiger partial charge in [0.05, 0.1) is 0 Å². The second-order valence-electron chi connectivity index (χ2n) is 4.53. The quantitative estimate of drug-likeness (QED) is 0.747. The van der Waals surface area contributed by atoms with Crippen molar-refractivity contribution in [3.8, 4) is 0 Å². The van der Waals surface area contributed by atoms with Crippen LogP contribution < -0.4 is 21.5 Å². The Hall–Kier alpha value is -2.90. The summed E-state index contributed by atoms with van der Waals surface area (Å²) in [4.78, 5) is 38.4. The summed E-state index contributed by atoms with van der Waals surface area (Å²) < 4.78 is 0. The van der Waals surface area contributed by atoms with Gasteiger partial charge < -0.3 is 10.2 Å². The number of nitrogens with one attached hydrogen (secondary N) is 3. The van der Waals surface area contributed by atoms with Gasteiger partial charge in [-0.2, -0.15) is 5.10 Å². The van der Waals surface area contributed by atoms with Crippen molar-refractivity contribution < 1.29 is 4.79 Å². The zero-order valence-corrected chi connectivity index (χ0v) is 12.3. The van der Waals surface area contributed by atoms with E-state index >= 15 is 0 Å². The monoisotopic (exact) mass is 303 g/mol. The molecule has 0 aliphatic rings. The second kappa shape index (κ2) is 6.70. The molecule has 1 heterocycles. The van der Waals surface area contributed by atoms with E-state index in [2.05, 4.69) is 29.2 Å². The Morgan fingerprint density at radius 2 is 1.82 bits per heavy atom. The lowest BCUT2D eigenvalue weighted by molar-refractivity contribution is 0.101. The number of nitrogens with zero attached hydrogens (tertiary/aromatic N) is 2. The number of hydrogen-bond acceptors (Lipinski definition) is 5. The Bertz CT molecular complexity index is 759. The minimum atomic E-state index is -0.832. The average Bonchev–Trinajstić information content (AvgIpc) is 2.50. The number of aromatic nitrogens is 3. The first kappa shape index (κ1) is 15.5. The van der Waals surface area contributed by atoms with E-state index < -0.39 is 22.9 Å². The van der Waals surface area contributed by atoms with Crippen molar-refractivity contribution >= 4 is 17.3 Å². The summed E-state index contributed by atoms with van der Waals surface area (Å²) >= 11 is 0. The Balaban J connectivity index is 2.15. The molecule has 0 saturated carbocycles. The molecule has 8 heteroatoms. The summed E-state index contributed by atoms with van der Waals surface area (Å²) in [5.41, 5.74) is -0.408. The molecular formula is C14H17N5O3. The molecule has 3 N–H and O–H groups in total. The molecule has 1 aromatic carbocycles. The predicted molar refractivity (Wildman–Crippen MR) is 83.4 cm³/mol. The molecule has 8 nitrogen and oxygen atoms in total. The van der Waals surface area contributed by atoms with Crippen LogP contribution in [0.25, 0.3) is 0 Å². The number of hydrogen-bond donors (Lipinski definition) is 3. The topological polar surface area (TPSA) is 111 Å². The lowest BCUT2D eigenvalue weighted by Crippen LogP contribution is -2.32. The number of aromatic amines is 2. The molecule has 0 aliphatic carbocycles. The van der Waals surface area contributed by atoms with E-state index in [0.29, 0.717) is 5.69 Å². The maximum Gasteiger partial charge on any atom is 0.342 e. The van der Waals surface area contributed by atoms with Crippen LogP contribution in [0.15, 0.2) is 33.9 Å². The Morgan fingerprint density at radius 3 is 2.36 bits per heavy atom. The largest absolute Gasteiger partial charge is 0.372 e. The summed E-state index contributed by atoms with van der Waals surface area (Å²) in [5, 5.41) is 8.02. The van der Waals surface area contributed by atoms with Gasteiger partial charge in [0.15, 0.2) is 0 Å². The maximum absolute atomic E-state index is 12.0. The molecule has 2 aromatic rings. The molecule has 1 amide bonds. The Kier molecular flexibility index (Phi) is 4.72. The van der Waals surface area contributed by atoms with Gasteiger partial charge in [-0.15, -0.1) is 0 Å². The van der Waals surface area contributed by atoms with Crippen molar-refractivity contribution in [2.24, 2.45) is 0 Å². The van der Waals surface area contributed by atoms with E-state index in [-0.39, 0.29) is 0 Å².